The van der Waals surface area contributed by atoms with Gasteiger partial charge in [0.1, 0.15) is 24.2 Å². The van der Waals surface area contributed by atoms with E-state index in [1.54, 1.807) is 12.4 Å². The zero-order chi connectivity index (χ0) is 17.9. The monoisotopic (exact) mass is 370 g/mol. The maximum absolute atomic E-state index is 6.14. The number of aromatic nitrogens is 5. The highest BCUT2D eigenvalue weighted by Crippen LogP contribution is 2.25. The van der Waals surface area contributed by atoms with Gasteiger partial charge in [0.25, 0.3) is 0 Å². The summed E-state index contributed by atoms with van der Waals surface area (Å²) in [4.78, 5) is 15.5. The molecule has 1 aromatic carbocycles. The van der Waals surface area contributed by atoms with Crippen LogP contribution in [0.15, 0.2) is 41.4 Å². The van der Waals surface area contributed by atoms with Gasteiger partial charge in [-0.1, -0.05) is 16.8 Å². The average Bonchev–Trinajstić information content (AvgIpc) is 3.28. The van der Waals surface area contributed by atoms with Crippen molar-refractivity contribution in [2.75, 3.05) is 5.32 Å². The molecule has 8 nitrogen and oxygen atoms in total. The number of hydrogen-bond acceptors (Lipinski definition) is 7. The molecule has 3 aromatic heterocycles. The van der Waals surface area contributed by atoms with Crippen LogP contribution in [-0.4, -0.2) is 25.1 Å². The van der Waals surface area contributed by atoms with Crippen molar-refractivity contribution in [1.29, 1.82) is 0 Å². The predicted octanol–water partition coefficient (Wildman–Crippen LogP) is 3.49. The van der Waals surface area contributed by atoms with E-state index < -0.39 is 0 Å². The number of hydrogen-bond donors (Lipinski definition) is 2. The molecular weight excluding hydrogens is 356 g/mol. The molecule has 0 amide bonds. The zero-order valence-electron chi connectivity index (χ0n) is 13.9. The number of aryl methyl sites for hydroxylation is 1. The summed E-state index contributed by atoms with van der Waals surface area (Å²) in [5.41, 5.74) is 3.05. The molecule has 4 aromatic rings. The lowest BCUT2D eigenvalue weighted by molar-refractivity contribution is 0.247. The second kappa shape index (κ2) is 7.01. The number of anilines is 1. The van der Waals surface area contributed by atoms with Crippen molar-refractivity contribution < 1.29 is 9.26 Å². The molecule has 26 heavy (non-hydrogen) atoms. The number of fused-ring (bicyclic) bond motifs is 1. The second-order valence-electron chi connectivity index (χ2n) is 5.65. The van der Waals surface area contributed by atoms with Crippen molar-refractivity contribution in [3.8, 4) is 5.75 Å². The summed E-state index contributed by atoms with van der Waals surface area (Å²) < 4.78 is 11.0. The van der Waals surface area contributed by atoms with Crippen LogP contribution in [0.3, 0.4) is 0 Å². The van der Waals surface area contributed by atoms with Crippen molar-refractivity contribution in [2.45, 2.75) is 20.1 Å². The topological polar surface area (TPSA) is 102 Å². The molecule has 0 radical (unpaired) electrons. The fourth-order valence-corrected chi connectivity index (χ4v) is 2.73. The molecule has 132 valence electrons. The van der Waals surface area contributed by atoms with E-state index in [9.17, 15) is 0 Å². The number of H-pyrrole nitrogens is 1. The van der Waals surface area contributed by atoms with Crippen LogP contribution in [0.5, 0.6) is 5.75 Å². The molecule has 0 aliphatic carbocycles. The van der Waals surface area contributed by atoms with Crippen LogP contribution in [0.25, 0.3) is 11.2 Å². The first-order valence-corrected chi connectivity index (χ1v) is 8.28. The lowest BCUT2D eigenvalue weighted by Crippen LogP contribution is -2.05. The number of imidazole rings is 1. The van der Waals surface area contributed by atoms with Gasteiger partial charge in [-0.15, -0.1) is 0 Å². The first kappa shape index (κ1) is 16.3. The van der Waals surface area contributed by atoms with E-state index in [0.717, 1.165) is 16.8 Å². The minimum atomic E-state index is 0.285. The largest absolute Gasteiger partial charge is 0.485 e. The van der Waals surface area contributed by atoms with Crippen molar-refractivity contribution >= 4 is 28.6 Å². The third kappa shape index (κ3) is 3.45. The van der Waals surface area contributed by atoms with Gasteiger partial charge >= 0.3 is 0 Å². The Kier molecular flexibility index (Phi) is 4.40. The Bertz CT molecular complexity index is 1040. The van der Waals surface area contributed by atoms with Crippen LogP contribution in [0.2, 0.25) is 5.02 Å². The molecule has 4 rings (SSSR count). The van der Waals surface area contributed by atoms with Crippen molar-refractivity contribution in [3.63, 3.8) is 0 Å². The lowest BCUT2D eigenvalue weighted by Gasteiger charge is -2.12. The summed E-state index contributed by atoms with van der Waals surface area (Å²) in [6, 6.07) is 7.29. The van der Waals surface area contributed by atoms with Gasteiger partial charge in [0, 0.05) is 23.2 Å². The molecule has 0 aliphatic heterocycles. The van der Waals surface area contributed by atoms with Crippen molar-refractivity contribution in [1.82, 2.24) is 25.1 Å². The van der Waals surface area contributed by atoms with E-state index in [0.29, 0.717) is 34.5 Å². The Balaban J connectivity index is 1.52. The smallest absolute Gasteiger partial charge is 0.182 e. The normalized spacial score (nSPS) is 11.0. The summed E-state index contributed by atoms with van der Waals surface area (Å²) in [6.45, 7) is 2.62. The number of halogens is 1. The molecule has 0 bridgehead atoms. The van der Waals surface area contributed by atoms with Gasteiger partial charge < -0.3 is 19.6 Å². The first-order valence-electron chi connectivity index (χ1n) is 7.90. The van der Waals surface area contributed by atoms with Gasteiger partial charge in [0.2, 0.25) is 0 Å². The van der Waals surface area contributed by atoms with Gasteiger partial charge in [-0.3, -0.25) is 0 Å². The molecular formula is C17H15ClN6O2. The zero-order valence-corrected chi connectivity index (χ0v) is 14.6. The number of nitrogens with zero attached hydrogens (tertiary/aromatic N) is 4. The summed E-state index contributed by atoms with van der Waals surface area (Å²) in [5.74, 6) is 2.02. The van der Waals surface area contributed by atoms with E-state index in [-0.39, 0.29) is 6.61 Å². The van der Waals surface area contributed by atoms with Crippen LogP contribution in [0.1, 0.15) is 17.0 Å². The fraction of sp³-hybridized carbons (Fsp3) is 0.176. The van der Waals surface area contributed by atoms with Gasteiger partial charge in [-0.2, -0.15) is 0 Å². The van der Waals surface area contributed by atoms with E-state index in [4.69, 9.17) is 20.9 Å². The SMILES string of the molecule is Cc1cc(COc2ccc(Cl)cc2CNc2ncnc3nc[nH]c23)on1. The summed E-state index contributed by atoms with van der Waals surface area (Å²) in [7, 11) is 0. The predicted molar refractivity (Wildman–Crippen MR) is 96.0 cm³/mol. The van der Waals surface area contributed by atoms with Crippen LogP contribution >= 0.6 is 11.6 Å². The Morgan fingerprint density at radius 1 is 1.23 bits per heavy atom. The van der Waals surface area contributed by atoms with Gasteiger partial charge in [-0.05, 0) is 25.1 Å². The number of aromatic amines is 1. The minimum absolute atomic E-state index is 0.285. The molecule has 0 fully saturated rings. The van der Waals surface area contributed by atoms with Crippen molar-refractivity contribution in [3.05, 3.63) is 59.0 Å². The molecule has 0 unspecified atom stereocenters. The van der Waals surface area contributed by atoms with Crippen LogP contribution in [0.4, 0.5) is 5.82 Å². The molecule has 2 N–H and O–H groups in total. The number of benzene rings is 1. The number of nitrogens with one attached hydrogen (secondary N) is 2. The van der Waals surface area contributed by atoms with Crippen molar-refractivity contribution in [2.24, 2.45) is 0 Å². The van der Waals surface area contributed by atoms with Crippen LogP contribution < -0.4 is 10.1 Å². The highest BCUT2D eigenvalue weighted by molar-refractivity contribution is 6.30. The van der Waals surface area contributed by atoms with Gasteiger partial charge in [-0.25, -0.2) is 15.0 Å². The summed E-state index contributed by atoms with van der Waals surface area (Å²) in [5, 5.41) is 7.74. The second-order valence-corrected chi connectivity index (χ2v) is 6.09. The van der Waals surface area contributed by atoms with Crippen LogP contribution in [0, 0.1) is 6.92 Å². The van der Waals surface area contributed by atoms with Gasteiger partial charge in [0.15, 0.2) is 17.2 Å². The fourth-order valence-electron chi connectivity index (χ4n) is 2.54. The maximum Gasteiger partial charge on any atom is 0.182 e. The van der Waals surface area contributed by atoms with Gasteiger partial charge in [0.05, 0.1) is 12.0 Å². The standard InChI is InChI=1S/C17H15ClN6O2/c1-10-4-13(26-24-10)7-25-14-3-2-12(18)5-11(14)6-19-16-15-17(21-8-20-15)23-9-22-16/h2-5,8-9H,6-7H2,1H3,(H2,19,20,21,22,23). The number of rotatable bonds is 6. The minimum Gasteiger partial charge on any atom is -0.485 e. The lowest BCUT2D eigenvalue weighted by atomic mass is 10.2. The van der Waals surface area contributed by atoms with E-state index in [1.807, 2.05) is 25.1 Å². The molecule has 9 heteroatoms. The molecule has 0 aliphatic rings. The molecule has 0 spiro atoms. The highest BCUT2D eigenvalue weighted by atomic mass is 35.5. The quantitative estimate of drug-likeness (QED) is 0.535. The molecule has 0 atom stereocenters. The Labute approximate surface area is 153 Å². The third-order valence-corrected chi connectivity index (χ3v) is 3.97. The molecule has 0 saturated heterocycles. The summed E-state index contributed by atoms with van der Waals surface area (Å²) >= 11 is 6.14. The Hall–Kier alpha value is -3.13. The average molecular weight is 371 g/mol. The first-order chi connectivity index (χ1) is 12.7. The summed E-state index contributed by atoms with van der Waals surface area (Å²) in [6.07, 6.45) is 3.05. The van der Waals surface area contributed by atoms with E-state index >= 15 is 0 Å². The van der Waals surface area contributed by atoms with E-state index in [1.165, 1.54) is 6.33 Å². The van der Waals surface area contributed by atoms with E-state index in [2.05, 4.69) is 30.4 Å². The maximum atomic E-state index is 6.14. The van der Waals surface area contributed by atoms with Crippen LogP contribution in [-0.2, 0) is 13.2 Å². The Morgan fingerprint density at radius 2 is 2.15 bits per heavy atom. The Morgan fingerprint density at radius 3 is 3.00 bits per heavy atom. The molecule has 3 heterocycles. The molecule has 0 saturated carbocycles. The third-order valence-electron chi connectivity index (χ3n) is 3.74. The highest BCUT2D eigenvalue weighted by Gasteiger charge is 2.10. The number of ether oxygens (including phenoxy) is 1.